The number of hydroxylamine groups is 1. The van der Waals surface area contributed by atoms with Crippen LogP contribution in [0.5, 0.6) is 11.5 Å². The molecule has 0 bridgehead atoms. The highest BCUT2D eigenvalue weighted by Gasteiger charge is 1.97. The third-order valence-corrected chi connectivity index (χ3v) is 2.18. The molecule has 4 N–H and O–H groups in total. The Morgan fingerprint density at radius 1 is 1.00 bits per heavy atom. The Labute approximate surface area is 105 Å². The number of hydrogen-bond donors (Lipinski definition) is 3. The van der Waals surface area contributed by atoms with Gasteiger partial charge < -0.3 is 10.5 Å². The van der Waals surface area contributed by atoms with Crippen molar-refractivity contribution in [1.82, 2.24) is 5.48 Å². The molecule has 2 rings (SSSR count). The highest BCUT2D eigenvalue weighted by atomic mass is 16.5. The fraction of sp³-hybridized carbons (Fsp3) is 0. The third kappa shape index (κ3) is 3.23. The molecule has 5 heteroatoms. The van der Waals surface area contributed by atoms with E-state index in [1.807, 2.05) is 30.3 Å². The van der Waals surface area contributed by atoms with Gasteiger partial charge in [0, 0.05) is 0 Å². The van der Waals surface area contributed by atoms with Gasteiger partial charge in [-0.2, -0.15) is 0 Å². The van der Waals surface area contributed by atoms with E-state index in [1.165, 1.54) is 0 Å². The maximum atomic E-state index is 8.52. The van der Waals surface area contributed by atoms with Crippen LogP contribution in [0.3, 0.4) is 0 Å². The van der Waals surface area contributed by atoms with E-state index in [9.17, 15) is 0 Å². The first kappa shape index (κ1) is 11.9. The molecule has 0 atom stereocenters. The van der Waals surface area contributed by atoms with Gasteiger partial charge in [-0.3, -0.25) is 5.21 Å². The average Bonchev–Trinajstić information content (AvgIpc) is 2.42. The van der Waals surface area contributed by atoms with Gasteiger partial charge >= 0.3 is 0 Å². The largest absolute Gasteiger partial charge is 0.457 e. The summed E-state index contributed by atoms with van der Waals surface area (Å²) in [5, 5.41) is 8.52. The van der Waals surface area contributed by atoms with Crippen molar-refractivity contribution in [3.05, 3.63) is 54.6 Å². The predicted octanol–water partition coefficient (Wildman–Crippen LogP) is 2.40. The van der Waals surface area contributed by atoms with E-state index in [4.69, 9.17) is 15.7 Å². The molecule has 0 aliphatic heterocycles. The minimum atomic E-state index is -0.0632. The minimum Gasteiger partial charge on any atom is -0.457 e. The van der Waals surface area contributed by atoms with Crippen molar-refractivity contribution < 1.29 is 9.94 Å². The molecular weight excluding hydrogens is 230 g/mol. The molecule has 0 saturated carbocycles. The van der Waals surface area contributed by atoms with Crippen molar-refractivity contribution >= 4 is 11.6 Å². The van der Waals surface area contributed by atoms with Crippen molar-refractivity contribution in [2.75, 3.05) is 0 Å². The van der Waals surface area contributed by atoms with Crippen LogP contribution in [0.2, 0.25) is 0 Å². The molecule has 2 aromatic carbocycles. The zero-order valence-electron chi connectivity index (χ0n) is 9.58. The predicted molar refractivity (Wildman–Crippen MR) is 69.2 cm³/mol. The molecule has 0 fully saturated rings. The molecule has 0 amide bonds. The normalized spacial score (nSPS) is 11.1. The van der Waals surface area contributed by atoms with Gasteiger partial charge in [0.25, 0.3) is 0 Å². The lowest BCUT2D eigenvalue weighted by molar-refractivity contribution is 0.233. The summed E-state index contributed by atoms with van der Waals surface area (Å²) in [5.74, 6) is 1.41. The molecule has 0 radical (unpaired) electrons. The maximum absolute atomic E-state index is 8.52. The SMILES string of the molecule is NC(=Nc1ccc(Oc2ccccc2)cc1)NO. The van der Waals surface area contributed by atoms with Crippen molar-refractivity contribution in [2.45, 2.75) is 0 Å². The van der Waals surface area contributed by atoms with Crippen LogP contribution in [-0.4, -0.2) is 11.2 Å². The van der Waals surface area contributed by atoms with Crippen LogP contribution in [0.15, 0.2) is 59.6 Å². The second kappa shape index (κ2) is 5.70. The van der Waals surface area contributed by atoms with Crippen molar-refractivity contribution in [3.63, 3.8) is 0 Å². The number of hydrogen-bond acceptors (Lipinski definition) is 3. The van der Waals surface area contributed by atoms with Crippen LogP contribution in [0, 0.1) is 0 Å². The standard InChI is InChI=1S/C13H13N3O2/c14-13(16-17)15-10-6-8-12(9-7-10)18-11-4-2-1-3-5-11/h1-9,17H,(H3,14,15,16). The van der Waals surface area contributed by atoms with E-state index in [0.717, 1.165) is 5.75 Å². The Kier molecular flexibility index (Phi) is 3.78. The number of rotatable bonds is 3. The zero-order valence-corrected chi connectivity index (χ0v) is 9.58. The zero-order chi connectivity index (χ0) is 12.8. The van der Waals surface area contributed by atoms with Crippen LogP contribution < -0.4 is 16.0 Å². The molecular formula is C13H13N3O2. The molecule has 0 spiro atoms. The summed E-state index contributed by atoms with van der Waals surface area (Å²) in [4.78, 5) is 3.90. The number of aliphatic imine (C=N–C) groups is 1. The van der Waals surface area contributed by atoms with Gasteiger partial charge in [-0.15, -0.1) is 0 Å². The Morgan fingerprint density at radius 3 is 2.22 bits per heavy atom. The lowest BCUT2D eigenvalue weighted by Crippen LogP contribution is -2.27. The Morgan fingerprint density at radius 2 is 1.61 bits per heavy atom. The molecule has 0 aliphatic carbocycles. The first-order chi connectivity index (χ1) is 8.78. The average molecular weight is 243 g/mol. The third-order valence-electron chi connectivity index (χ3n) is 2.18. The van der Waals surface area contributed by atoms with Crippen molar-refractivity contribution in [2.24, 2.45) is 10.7 Å². The van der Waals surface area contributed by atoms with Gasteiger partial charge in [-0.25, -0.2) is 10.5 Å². The number of nitrogens with zero attached hydrogens (tertiary/aromatic N) is 1. The van der Waals surface area contributed by atoms with Gasteiger partial charge in [-0.1, -0.05) is 18.2 Å². The number of nitrogens with one attached hydrogen (secondary N) is 1. The fourth-order valence-corrected chi connectivity index (χ4v) is 1.38. The lowest BCUT2D eigenvalue weighted by atomic mass is 10.3. The molecule has 0 saturated heterocycles. The summed E-state index contributed by atoms with van der Waals surface area (Å²) >= 11 is 0. The van der Waals surface area contributed by atoms with Gasteiger partial charge in [0.2, 0.25) is 5.96 Å². The molecule has 92 valence electrons. The van der Waals surface area contributed by atoms with Gasteiger partial charge in [0.1, 0.15) is 11.5 Å². The number of para-hydroxylation sites is 1. The van der Waals surface area contributed by atoms with Gasteiger partial charge in [-0.05, 0) is 36.4 Å². The quantitative estimate of drug-likeness (QED) is 0.439. The number of benzene rings is 2. The van der Waals surface area contributed by atoms with E-state index >= 15 is 0 Å². The summed E-state index contributed by atoms with van der Waals surface area (Å²) in [6, 6.07) is 16.5. The van der Waals surface area contributed by atoms with Gasteiger partial charge in [0.05, 0.1) is 5.69 Å². The highest BCUT2D eigenvalue weighted by molar-refractivity contribution is 5.79. The van der Waals surface area contributed by atoms with Crippen LogP contribution in [0.25, 0.3) is 0 Å². The van der Waals surface area contributed by atoms with Crippen molar-refractivity contribution in [3.8, 4) is 11.5 Å². The van der Waals surface area contributed by atoms with E-state index in [1.54, 1.807) is 29.7 Å². The maximum Gasteiger partial charge on any atom is 0.218 e. The molecule has 2 aromatic rings. The van der Waals surface area contributed by atoms with Crippen LogP contribution >= 0.6 is 0 Å². The number of guanidine groups is 1. The van der Waals surface area contributed by atoms with Crippen LogP contribution in [0.4, 0.5) is 5.69 Å². The number of ether oxygens (including phenoxy) is 1. The Bertz CT molecular complexity index is 524. The fourth-order valence-electron chi connectivity index (χ4n) is 1.38. The lowest BCUT2D eigenvalue weighted by Gasteiger charge is -2.05. The van der Waals surface area contributed by atoms with Crippen molar-refractivity contribution in [1.29, 1.82) is 0 Å². The van der Waals surface area contributed by atoms with E-state index < -0.39 is 0 Å². The topological polar surface area (TPSA) is 79.9 Å². The summed E-state index contributed by atoms with van der Waals surface area (Å²) in [5.41, 5.74) is 7.71. The summed E-state index contributed by atoms with van der Waals surface area (Å²) in [7, 11) is 0. The smallest absolute Gasteiger partial charge is 0.218 e. The molecule has 0 heterocycles. The molecule has 0 aromatic heterocycles. The number of nitrogens with two attached hydrogens (primary N) is 1. The second-order valence-electron chi connectivity index (χ2n) is 3.52. The molecule has 0 unspecified atom stereocenters. The monoisotopic (exact) mass is 243 g/mol. The van der Waals surface area contributed by atoms with E-state index in [0.29, 0.717) is 11.4 Å². The highest BCUT2D eigenvalue weighted by Crippen LogP contribution is 2.23. The summed E-state index contributed by atoms with van der Waals surface area (Å²) in [6.45, 7) is 0. The van der Waals surface area contributed by atoms with E-state index in [-0.39, 0.29) is 5.96 Å². The van der Waals surface area contributed by atoms with Crippen LogP contribution in [-0.2, 0) is 0 Å². The molecule has 5 nitrogen and oxygen atoms in total. The first-order valence-corrected chi connectivity index (χ1v) is 5.35. The molecule has 18 heavy (non-hydrogen) atoms. The molecule has 0 aliphatic rings. The minimum absolute atomic E-state index is 0.0632. The first-order valence-electron chi connectivity index (χ1n) is 5.35. The summed E-state index contributed by atoms with van der Waals surface area (Å²) < 4.78 is 5.62. The second-order valence-corrected chi connectivity index (χ2v) is 3.52. The van der Waals surface area contributed by atoms with E-state index in [2.05, 4.69) is 4.99 Å². The van der Waals surface area contributed by atoms with Crippen LogP contribution in [0.1, 0.15) is 0 Å². The van der Waals surface area contributed by atoms with Gasteiger partial charge in [0.15, 0.2) is 0 Å². The Balaban J connectivity index is 2.09. The summed E-state index contributed by atoms with van der Waals surface area (Å²) in [6.07, 6.45) is 0. The Hall–Kier alpha value is -2.53.